The molecule has 0 spiro atoms. The molecule has 0 heterocycles. The largest absolute Gasteiger partial charge is 0.278 e. The predicted molar refractivity (Wildman–Crippen MR) is 83.5 cm³/mol. The van der Waals surface area contributed by atoms with Crippen molar-refractivity contribution in [2.45, 2.75) is 13.8 Å². The maximum Gasteiger partial charge on any atom is 0.0648 e. The van der Waals surface area contributed by atoms with Gasteiger partial charge in [-0.2, -0.15) is 5.10 Å². The SMILES string of the molecule is C/C(=N/Nc1ccc(C)c(Cl)c1)c1ccc(Cl)cc1. The van der Waals surface area contributed by atoms with Crippen LogP contribution in [0, 0.1) is 6.92 Å². The van der Waals surface area contributed by atoms with Crippen LogP contribution < -0.4 is 5.43 Å². The first-order valence-electron chi connectivity index (χ1n) is 5.88. The monoisotopic (exact) mass is 292 g/mol. The van der Waals surface area contributed by atoms with E-state index in [1.54, 1.807) is 0 Å². The van der Waals surface area contributed by atoms with Crippen molar-refractivity contribution in [3.63, 3.8) is 0 Å². The van der Waals surface area contributed by atoms with Crippen LogP contribution in [0.4, 0.5) is 5.69 Å². The number of benzene rings is 2. The van der Waals surface area contributed by atoms with E-state index in [4.69, 9.17) is 23.2 Å². The normalized spacial score (nSPS) is 11.5. The highest BCUT2D eigenvalue weighted by Gasteiger charge is 1.99. The van der Waals surface area contributed by atoms with Crippen molar-refractivity contribution < 1.29 is 0 Å². The third-order valence-corrected chi connectivity index (χ3v) is 3.45. The summed E-state index contributed by atoms with van der Waals surface area (Å²) in [5, 5.41) is 5.77. The number of halogens is 2. The Labute approximate surface area is 123 Å². The second-order valence-corrected chi connectivity index (χ2v) is 5.12. The number of nitrogens with one attached hydrogen (secondary N) is 1. The lowest BCUT2D eigenvalue weighted by atomic mass is 10.1. The molecule has 98 valence electrons. The number of anilines is 1. The van der Waals surface area contributed by atoms with Crippen LogP contribution in [-0.4, -0.2) is 5.71 Å². The van der Waals surface area contributed by atoms with E-state index >= 15 is 0 Å². The highest BCUT2D eigenvalue weighted by atomic mass is 35.5. The van der Waals surface area contributed by atoms with Gasteiger partial charge in [0, 0.05) is 10.0 Å². The fourth-order valence-electron chi connectivity index (χ4n) is 1.57. The maximum atomic E-state index is 6.06. The van der Waals surface area contributed by atoms with Gasteiger partial charge in [0.25, 0.3) is 0 Å². The number of hydrogen-bond donors (Lipinski definition) is 1. The Morgan fingerprint density at radius 1 is 1.05 bits per heavy atom. The molecule has 0 saturated heterocycles. The standard InChI is InChI=1S/C15H14Cl2N2/c1-10-3-8-14(9-15(10)17)19-18-11(2)12-4-6-13(16)7-5-12/h3-9,19H,1-2H3/b18-11-. The van der Waals surface area contributed by atoms with E-state index < -0.39 is 0 Å². The van der Waals surface area contributed by atoms with Crippen LogP contribution in [-0.2, 0) is 0 Å². The molecule has 1 N–H and O–H groups in total. The maximum absolute atomic E-state index is 6.06. The Morgan fingerprint density at radius 3 is 2.37 bits per heavy atom. The summed E-state index contributed by atoms with van der Waals surface area (Å²) in [6, 6.07) is 13.3. The highest BCUT2D eigenvalue weighted by Crippen LogP contribution is 2.20. The molecule has 0 aromatic heterocycles. The van der Waals surface area contributed by atoms with Gasteiger partial charge in [-0.3, -0.25) is 5.43 Å². The van der Waals surface area contributed by atoms with Crippen LogP contribution >= 0.6 is 23.2 Å². The second-order valence-electron chi connectivity index (χ2n) is 4.28. The van der Waals surface area contributed by atoms with Crippen LogP contribution in [0.5, 0.6) is 0 Å². The molecule has 2 aromatic rings. The summed E-state index contributed by atoms with van der Waals surface area (Å²) in [4.78, 5) is 0. The van der Waals surface area contributed by atoms with E-state index in [0.29, 0.717) is 0 Å². The summed E-state index contributed by atoms with van der Waals surface area (Å²) in [7, 11) is 0. The van der Waals surface area contributed by atoms with Gasteiger partial charge in [0.05, 0.1) is 11.4 Å². The molecule has 2 aromatic carbocycles. The molecule has 19 heavy (non-hydrogen) atoms. The minimum absolute atomic E-state index is 0.717. The van der Waals surface area contributed by atoms with Crippen LogP contribution in [0.3, 0.4) is 0 Å². The third kappa shape index (κ3) is 3.72. The summed E-state index contributed by atoms with van der Waals surface area (Å²) in [5.74, 6) is 0. The number of rotatable bonds is 3. The number of nitrogens with zero attached hydrogens (tertiary/aromatic N) is 1. The molecule has 0 radical (unpaired) electrons. The molecule has 0 aliphatic carbocycles. The summed E-state index contributed by atoms with van der Waals surface area (Å²) >= 11 is 11.9. The minimum Gasteiger partial charge on any atom is -0.278 e. The van der Waals surface area contributed by atoms with E-state index in [1.165, 1.54) is 0 Å². The molecule has 0 fully saturated rings. The average Bonchev–Trinajstić information content (AvgIpc) is 2.40. The van der Waals surface area contributed by atoms with E-state index in [9.17, 15) is 0 Å². The van der Waals surface area contributed by atoms with Crippen LogP contribution in [0.25, 0.3) is 0 Å². The first kappa shape index (κ1) is 13.9. The number of aryl methyl sites for hydroxylation is 1. The van der Waals surface area contributed by atoms with Gasteiger partial charge in [0.1, 0.15) is 0 Å². The molecule has 0 atom stereocenters. The van der Waals surface area contributed by atoms with Gasteiger partial charge in [-0.25, -0.2) is 0 Å². The lowest BCUT2D eigenvalue weighted by Gasteiger charge is -2.05. The third-order valence-electron chi connectivity index (χ3n) is 2.79. The average molecular weight is 293 g/mol. The fraction of sp³-hybridized carbons (Fsp3) is 0.133. The lowest BCUT2D eigenvalue weighted by molar-refractivity contribution is 1.31. The zero-order chi connectivity index (χ0) is 13.8. The Hall–Kier alpha value is -1.51. The molecule has 4 heteroatoms. The topological polar surface area (TPSA) is 24.4 Å². The molecule has 0 unspecified atom stereocenters. The van der Waals surface area contributed by atoms with Crippen molar-refractivity contribution in [2.75, 3.05) is 5.43 Å². The van der Waals surface area contributed by atoms with Crippen molar-refractivity contribution in [2.24, 2.45) is 5.10 Å². The second kappa shape index (κ2) is 6.09. The molecule has 0 aliphatic rings. The molecule has 0 aliphatic heterocycles. The van der Waals surface area contributed by atoms with Gasteiger partial charge in [-0.15, -0.1) is 0 Å². The fourth-order valence-corrected chi connectivity index (χ4v) is 1.87. The molecular formula is C15H14Cl2N2. The summed E-state index contributed by atoms with van der Waals surface area (Å²) < 4.78 is 0. The van der Waals surface area contributed by atoms with Crippen LogP contribution in [0.1, 0.15) is 18.1 Å². The van der Waals surface area contributed by atoms with Crippen molar-refractivity contribution in [3.8, 4) is 0 Å². The van der Waals surface area contributed by atoms with Crippen molar-refractivity contribution in [3.05, 3.63) is 63.6 Å². The molecule has 0 saturated carbocycles. The Morgan fingerprint density at radius 2 is 1.74 bits per heavy atom. The molecule has 2 nitrogen and oxygen atoms in total. The van der Waals surface area contributed by atoms with Gasteiger partial charge in [-0.1, -0.05) is 41.4 Å². The van der Waals surface area contributed by atoms with E-state index in [1.807, 2.05) is 56.3 Å². The molecule has 2 rings (SSSR count). The molecule has 0 bridgehead atoms. The minimum atomic E-state index is 0.717. The quantitative estimate of drug-likeness (QED) is 0.615. The summed E-state index contributed by atoms with van der Waals surface area (Å²) in [6.07, 6.45) is 0. The smallest absolute Gasteiger partial charge is 0.0648 e. The van der Waals surface area contributed by atoms with E-state index in [-0.39, 0.29) is 0 Å². The van der Waals surface area contributed by atoms with Crippen LogP contribution in [0.15, 0.2) is 47.6 Å². The predicted octanol–water partition coefficient (Wildman–Crippen LogP) is 5.14. The number of hydrogen-bond acceptors (Lipinski definition) is 2. The lowest BCUT2D eigenvalue weighted by Crippen LogP contribution is -1.99. The van der Waals surface area contributed by atoms with Gasteiger partial charge in [0.2, 0.25) is 0 Å². The number of hydrazone groups is 1. The summed E-state index contributed by atoms with van der Waals surface area (Å²) in [6.45, 7) is 3.90. The van der Waals surface area contributed by atoms with Crippen LogP contribution in [0.2, 0.25) is 10.0 Å². The Bertz CT molecular complexity index is 604. The van der Waals surface area contributed by atoms with Crippen molar-refractivity contribution >= 4 is 34.6 Å². The van der Waals surface area contributed by atoms with E-state index in [0.717, 1.165) is 32.6 Å². The van der Waals surface area contributed by atoms with E-state index in [2.05, 4.69) is 10.5 Å². The van der Waals surface area contributed by atoms with Gasteiger partial charge >= 0.3 is 0 Å². The molecular weight excluding hydrogens is 279 g/mol. The zero-order valence-corrected chi connectivity index (χ0v) is 12.3. The summed E-state index contributed by atoms with van der Waals surface area (Å²) in [5.41, 5.74) is 6.81. The Kier molecular flexibility index (Phi) is 4.46. The van der Waals surface area contributed by atoms with Gasteiger partial charge in [0.15, 0.2) is 0 Å². The van der Waals surface area contributed by atoms with Gasteiger partial charge in [-0.05, 0) is 49.2 Å². The Balaban J connectivity index is 2.13. The highest BCUT2D eigenvalue weighted by molar-refractivity contribution is 6.31. The molecule has 0 amide bonds. The van der Waals surface area contributed by atoms with Gasteiger partial charge < -0.3 is 0 Å². The first-order valence-corrected chi connectivity index (χ1v) is 6.64. The zero-order valence-electron chi connectivity index (χ0n) is 10.7. The van der Waals surface area contributed by atoms with Crippen molar-refractivity contribution in [1.29, 1.82) is 0 Å². The van der Waals surface area contributed by atoms with Crippen molar-refractivity contribution in [1.82, 2.24) is 0 Å². The first-order chi connectivity index (χ1) is 9.06.